The SMILES string of the molecule is CCCCC(CC)C(=O)OCCOCCOCCOCCOCCOCCOCCF. The molecule has 1 unspecified atom stereocenters. The van der Waals surface area contributed by atoms with Gasteiger partial charge in [-0.3, -0.25) is 4.79 Å². The van der Waals surface area contributed by atoms with Gasteiger partial charge >= 0.3 is 5.97 Å². The number of carbonyl (C=O) groups is 1. The number of ether oxygens (including phenoxy) is 7. The fraction of sp³-hybridized carbons (Fsp3) is 0.955. The van der Waals surface area contributed by atoms with E-state index in [1.165, 1.54) is 0 Å². The molecule has 0 heterocycles. The Bertz CT molecular complexity index is 373. The first-order valence-corrected chi connectivity index (χ1v) is 11.4. The van der Waals surface area contributed by atoms with E-state index in [0.717, 1.165) is 25.7 Å². The molecule has 0 saturated carbocycles. The third-order valence-corrected chi connectivity index (χ3v) is 4.29. The largest absolute Gasteiger partial charge is 0.463 e. The summed E-state index contributed by atoms with van der Waals surface area (Å²) in [5, 5.41) is 0. The lowest BCUT2D eigenvalue weighted by molar-refractivity contribution is -0.150. The summed E-state index contributed by atoms with van der Waals surface area (Å²) in [5.41, 5.74) is 0. The van der Waals surface area contributed by atoms with Gasteiger partial charge in [-0.25, -0.2) is 4.39 Å². The van der Waals surface area contributed by atoms with Crippen molar-refractivity contribution in [2.75, 3.05) is 92.6 Å². The second-order valence-corrected chi connectivity index (χ2v) is 6.78. The number of esters is 1. The van der Waals surface area contributed by atoms with Crippen LogP contribution in [0.2, 0.25) is 0 Å². The zero-order chi connectivity index (χ0) is 22.8. The summed E-state index contributed by atoms with van der Waals surface area (Å²) in [4.78, 5) is 11.9. The zero-order valence-electron chi connectivity index (χ0n) is 19.4. The lowest BCUT2D eigenvalue weighted by atomic mass is 10.00. The molecular formula is C22H43FO8. The third kappa shape index (κ3) is 22.2. The van der Waals surface area contributed by atoms with Crippen LogP contribution in [-0.2, 0) is 38.0 Å². The third-order valence-electron chi connectivity index (χ3n) is 4.29. The maximum absolute atomic E-state index is 11.9. The molecular weight excluding hydrogens is 411 g/mol. The number of hydrogen-bond donors (Lipinski definition) is 0. The van der Waals surface area contributed by atoms with Crippen LogP contribution in [0, 0.1) is 5.92 Å². The number of hydrogen-bond acceptors (Lipinski definition) is 8. The van der Waals surface area contributed by atoms with Crippen molar-refractivity contribution < 1.29 is 42.3 Å². The van der Waals surface area contributed by atoms with Gasteiger partial charge < -0.3 is 33.2 Å². The van der Waals surface area contributed by atoms with E-state index in [9.17, 15) is 9.18 Å². The predicted octanol–water partition coefficient (Wildman–Crippen LogP) is 2.82. The van der Waals surface area contributed by atoms with Crippen LogP contribution in [0.5, 0.6) is 0 Å². The highest BCUT2D eigenvalue weighted by Gasteiger charge is 2.16. The van der Waals surface area contributed by atoms with Gasteiger partial charge in [-0.1, -0.05) is 26.7 Å². The lowest BCUT2D eigenvalue weighted by Gasteiger charge is -2.13. The van der Waals surface area contributed by atoms with Crippen molar-refractivity contribution in [2.45, 2.75) is 39.5 Å². The first kappa shape index (κ1) is 30.2. The van der Waals surface area contributed by atoms with Crippen molar-refractivity contribution >= 4 is 5.97 Å². The van der Waals surface area contributed by atoms with Gasteiger partial charge in [-0.05, 0) is 12.8 Å². The van der Waals surface area contributed by atoms with Crippen LogP contribution in [0.4, 0.5) is 4.39 Å². The Kier molecular flexibility index (Phi) is 24.7. The van der Waals surface area contributed by atoms with E-state index in [0.29, 0.717) is 72.7 Å². The highest BCUT2D eigenvalue weighted by Crippen LogP contribution is 2.14. The molecule has 8 nitrogen and oxygen atoms in total. The molecule has 0 spiro atoms. The first-order valence-electron chi connectivity index (χ1n) is 11.4. The quantitative estimate of drug-likeness (QED) is 0.154. The maximum atomic E-state index is 11.9. The number of carbonyl (C=O) groups excluding carboxylic acids is 1. The Morgan fingerprint density at radius 2 is 1.03 bits per heavy atom. The molecule has 1 atom stereocenters. The van der Waals surface area contributed by atoms with Crippen LogP contribution in [-0.4, -0.2) is 98.5 Å². The smallest absolute Gasteiger partial charge is 0.308 e. The monoisotopic (exact) mass is 454 g/mol. The summed E-state index contributed by atoms with van der Waals surface area (Å²) >= 11 is 0. The van der Waals surface area contributed by atoms with Crippen LogP contribution < -0.4 is 0 Å². The van der Waals surface area contributed by atoms with E-state index >= 15 is 0 Å². The van der Waals surface area contributed by atoms with Crippen LogP contribution >= 0.6 is 0 Å². The van der Waals surface area contributed by atoms with E-state index in [-0.39, 0.29) is 25.1 Å². The standard InChI is InChI=1S/C22H43FO8/c1-3-5-6-21(4-2)22(24)31-20-19-30-18-17-29-16-15-28-14-13-27-12-11-26-10-9-25-8-7-23/h21H,3-20H2,1-2H3. The fourth-order valence-electron chi connectivity index (χ4n) is 2.51. The average molecular weight is 455 g/mol. The number of halogens is 1. The normalized spacial score (nSPS) is 12.2. The van der Waals surface area contributed by atoms with E-state index in [1.807, 2.05) is 6.92 Å². The molecule has 0 aliphatic carbocycles. The van der Waals surface area contributed by atoms with E-state index in [1.54, 1.807) is 0 Å². The molecule has 31 heavy (non-hydrogen) atoms. The summed E-state index contributed by atoms with van der Waals surface area (Å²) < 4.78 is 48.8. The molecule has 0 saturated heterocycles. The number of rotatable bonds is 25. The molecule has 0 aromatic heterocycles. The van der Waals surface area contributed by atoms with E-state index < -0.39 is 6.67 Å². The summed E-state index contributed by atoms with van der Waals surface area (Å²) in [7, 11) is 0. The van der Waals surface area contributed by atoms with Crippen LogP contribution in [0.15, 0.2) is 0 Å². The second-order valence-electron chi connectivity index (χ2n) is 6.78. The van der Waals surface area contributed by atoms with Crippen molar-refractivity contribution in [3.63, 3.8) is 0 Å². The molecule has 186 valence electrons. The minimum atomic E-state index is -0.473. The molecule has 0 aromatic rings. The van der Waals surface area contributed by atoms with Crippen molar-refractivity contribution in [3.05, 3.63) is 0 Å². The highest BCUT2D eigenvalue weighted by atomic mass is 19.1. The molecule has 0 rings (SSSR count). The van der Waals surface area contributed by atoms with E-state index in [4.69, 9.17) is 33.2 Å². The van der Waals surface area contributed by atoms with Crippen molar-refractivity contribution in [1.82, 2.24) is 0 Å². The van der Waals surface area contributed by atoms with Gasteiger partial charge in [0, 0.05) is 0 Å². The average Bonchev–Trinajstić information content (AvgIpc) is 2.78. The van der Waals surface area contributed by atoms with Gasteiger partial charge in [0.1, 0.15) is 13.3 Å². The maximum Gasteiger partial charge on any atom is 0.308 e. The summed E-state index contributed by atoms with van der Waals surface area (Å²) in [6, 6.07) is 0. The van der Waals surface area contributed by atoms with Crippen LogP contribution in [0.1, 0.15) is 39.5 Å². The Balaban J connectivity index is 3.21. The Labute approximate surface area is 187 Å². The highest BCUT2D eigenvalue weighted by molar-refractivity contribution is 5.72. The molecule has 0 N–H and O–H groups in total. The van der Waals surface area contributed by atoms with Crippen LogP contribution in [0.3, 0.4) is 0 Å². The molecule has 0 aliphatic heterocycles. The molecule has 0 aromatic carbocycles. The minimum absolute atomic E-state index is 0.00110. The Morgan fingerprint density at radius 3 is 1.39 bits per heavy atom. The van der Waals surface area contributed by atoms with Gasteiger partial charge in [0.25, 0.3) is 0 Å². The molecule has 0 aliphatic rings. The van der Waals surface area contributed by atoms with E-state index in [2.05, 4.69) is 6.92 Å². The number of alkyl halides is 1. The summed E-state index contributed by atoms with van der Waals surface area (Å²) in [6.45, 7) is 9.07. The predicted molar refractivity (Wildman–Crippen MR) is 115 cm³/mol. The molecule has 9 heteroatoms. The molecule has 0 amide bonds. The molecule has 0 fully saturated rings. The zero-order valence-corrected chi connectivity index (χ0v) is 19.4. The van der Waals surface area contributed by atoms with Crippen molar-refractivity contribution in [2.24, 2.45) is 5.92 Å². The van der Waals surface area contributed by atoms with Gasteiger partial charge in [0.15, 0.2) is 0 Å². The van der Waals surface area contributed by atoms with Gasteiger partial charge in [-0.2, -0.15) is 0 Å². The fourth-order valence-corrected chi connectivity index (χ4v) is 2.51. The van der Waals surface area contributed by atoms with Crippen LogP contribution in [0.25, 0.3) is 0 Å². The minimum Gasteiger partial charge on any atom is -0.463 e. The van der Waals surface area contributed by atoms with Crippen molar-refractivity contribution in [1.29, 1.82) is 0 Å². The summed E-state index contributed by atoms with van der Waals surface area (Å²) in [5.74, 6) is -0.120. The summed E-state index contributed by atoms with van der Waals surface area (Å²) in [6.07, 6.45) is 3.84. The van der Waals surface area contributed by atoms with Gasteiger partial charge in [-0.15, -0.1) is 0 Å². The first-order chi connectivity index (χ1) is 15.3. The van der Waals surface area contributed by atoms with Gasteiger partial charge in [0.05, 0.1) is 85.2 Å². The molecule has 0 radical (unpaired) electrons. The van der Waals surface area contributed by atoms with Gasteiger partial charge in [0.2, 0.25) is 0 Å². The van der Waals surface area contributed by atoms with Crippen molar-refractivity contribution in [3.8, 4) is 0 Å². The topological polar surface area (TPSA) is 81.7 Å². The second kappa shape index (κ2) is 25.4. The Morgan fingerprint density at radius 1 is 0.645 bits per heavy atom. The lowest BCUT2D eigenvalue weighted by Crippen LogP contribution is -2.20. The number of unbranched alkanes of at least 4 members (excludes halogenated alkanes) is 1. The Hall–Kier alpha value is -0.840. The molecule has 0 bridgehead atoms.